The lowest BCUT2D eigenvalue weighted by Gasteiger charge is -2.33. The number of hydrogen-bond acceptors (Lipinski definition) is 9. The van der Waals surface area contributed by atoms with Crippen molar-refractivity contribution < 1.29 is 59.9 Å². The Kier molecular flexibility index (Phi) is 8.54. The summed E-state index contributed by atoms with van der Waals surface area (Å²) in [5.74, 6) is -7.37. The molecule has 40 heavy (non-hydrogen) atoms. The molecule has 0 bridgehead atoms. The lowest BCUT2D eigenvalue weighted by molar-refractivity contribution is -0.384. The van der Waals surface area contributed by atoms with Crippen LogP contribution in [0.2, 0.25) is 0 Å². The van der Waals surface area contributed by atoms with E-state index in [1.807, 2.05) is 0 Å². The molecule has 2 heterocycles. The Balaban J connectivity index is 2.21. The van der Waals surface area contributed by atoms with Crippen LogP contribution in [0, 0.1) is 10.1 Å². The molecule has 0 spiro atoms. The number of carbonyl (C=O) groups is 4. The minimum absolute atomic E-state index is 0.136. The zero-order valence-electron chi connectivity index (χ0n) is 20.4. The summed E-state index contributed by atoms with van der Waals surface area (Å²) in [6, 6.07) is 3.32. The summed E-state index contributed by atoms with van der Waals surface area (Å²) in [5.41, 5.74) is -8.84. The molecule has 0 radical (unpaired) electrons. The van der Waals surface area contributed by atoms with Gasteiger partial charge < -0.3 is 14.8 Å². The fourth-order valence-electron chi connectivity index (χ4n) is 4.12. The van der Waals surface area contributed by atoms with Crippen molar-refractivity contribution in [3.63, 3.8) is 0 Å². The summed E-state index contributed by atoms with van der Waals surface area (Å²) in [6.07, 6.45) is -11.5. The number of carbonyl (C=O) groups excluding carboxylic acids is 4. The van der Waals surface area contributed by atoms with E-state index in [2.05, 4.69) is 4.74 Å². The summed E-state index contributed by atoms with van der Waals surface area (Å²) in [5, 5.41) is 12.4. The van der Waals surface area contributed by atoms with E-state index in [1.54, 1.807) is 0 Å². The highest BCUT2D eigenvalue weighted by Crippen LogP contribution is 2.47. The Morgan fingerprint density at radius 3 is 2.00 bits per heavy atom. The molecule has 1 N–H and O–H groups in total. The number of rotatable bonds is 8. The standard InChI is InChI=1S/C23H19F6N3O8/c1-2-39-20(35)16-15(11-4-3-5-12(10-11)32(37)38)17(19(23(27,28)29)30-18(16)22(24,25)26)21(36)40-9-8-31-13(33)6-7-14(31)34/h3-5,10,15,30H,2,6-9H2,1H3. The molecule has 3 rings (SSSR count). The molecule has 2 aliphatic heterocycles. The third kappa shape index (κ3) is 6.23. The van der Waals surface area contributed by atoms with Crippen molar-refractivity contribution in [3.8, 4) is 0 Å². The number of ether oxygens (including phenoxy) is 2. The molecule has 1 unspecified atom stereocenters. The minimum Gasteiger partial charge on any atom is -0.463 e. The average molecular weight is 579 g/mol. The van der Waals surface area contributed by atoms with Crippen LogP contribution < -0.4 is 5.32 Å². The number of amides is 2. The van der Waals surface area contributed by atoms with E-state index in [0.717, 1.165) is 23.5 Å². The first kappa shape index (κ1) is 30.1. The number of nitro benzene ring substituents is 1. The number of imide groups is 1. The molecule has 2 aliphatic rings. The number of non-ortho nitro benzene ring substituents is 1. The average Bonchev–Trinajstić information content (AvgIpc) is 3.18. The second-order valence-corrected chi connectivity index (χ2v) is 8.28. The van der Waals surface area contributed by atoms with E-state index in [0.29, 0.717) is 11.0 Å². The molecule has 0 aliphatic carbocycles. The largest absolute Gasteiger partial charge is 0.463 e. The number of likely N-dealkylation sites (tertiary alicyclic amines) is 1. The lowest BCUT2D eigenvalue weighted by Crippen LogP contribution is -2.43. The van der Waals surface area contributed by atoms with Crippen LogP contribution in [0.25, 0.3) is 0 Å². The Labute approximate surface area is 220 Å². The molecular formula is C23H19F6N3O8. The van der Waals surface area contributed by atoms with Gasteiger partial charge in [0, 0.05) is 25.0 Å². The number of dihydropyridines is 1. The van der Waals surface area contributed by atoms with Crippen LogP contribution in [0.1, 0.15) is 31.2 Å². The number of allylic oxidation sites excluding steroid dienone is 2. The molecule has 1 atom stereocenters. The van der Waals surface area contributed by atoms with Crippen LogP contribution in [-0.4, -0.2) is 65.7 Å². The third-order valence-corrected chi connectivity index (χ3v) is 5.77. The maximum absolute atomic E-state index is 14.1. The normalized spacial score (nSPS) is 18.2. The van der Waals surface area contributed by atoms with Gasteiger partial charge >= 0.3 is 24.3 Å². The Hall–Kier alpha value is -4.44. The first-order valence-corrected chi connectivity index (χ1v) is 11.4. The van der Waals surface area contributed by atoms with Crippen LogP contribution >= 0.6 is 0 Å². The van der Waals surface area contributed by atoms with Gasteiger partial charge in [-0.05, 0) is 12.5 Å². The lowest BCUT2D eigenvalue weighted by atomic mass is 9.79. The van der Waals surface area contributed by atoms with Crippen molar-refractivity contribution >= 4 is 29.4 Å². The van der Waals surface area contributed by atoms with Crippen molar-refractivity contribution in [1.82, 2.24) is 10.2 Å². The predicted octanol–water partition coefficient (Wildman–Crippen LogP) is 3.17. The molecule has 0 aromatic heterocycles. The Morgan fingerprint density at radius 2 is 1.52 bits per heavy atom. The van der Waals surface area contributed by atoms with Gasteiger partial charge in [0.2, 0.25) is 11.8 Å². The van der Waals surface area contributed by atoms with Crippen LogP contribution in [0.4, 0.5) is 32.0 Å². The molecular weight excluding hydrogens is 560 g/mol. The summed E-state index contributed by atoms with van der Waals surface area (Å²) < 4.78 is 93.9. The third-order valence-electron chi connectivity index (χ3n) is 5.77. The summed E-state index contributed by atoms with van der Waals surface area (Å²) in [7, 11) is 0. The number of esters is 2. The number of alkyl halides is 6. The molecule has 11 nitrogen and oxygen atoms in total. The number of nitro groups is 1. The van der Waals surface area contributed by atoms with Gasteiger partial charge in [0.05, 0.1) is 35.1 Å². The fourth-order valence-corrected chi connectivity index (χ4v) is 4.12. The molecule has 216 valence electrons. The predicted molar refractivity (Wildman–Crippen MR) is 119 cm³/mol. The fraction of sp³-hybridized carbons (Fsp3) is 0.391. The quantitative estimate of drug-likeness (QED) is 0.161. The van der Waals surface area contributed by atoms with Crippen LogP contribution in [0.3, 0.4) is 0 Å². The van der Waals surface area contributed by atoms with E-state index < -0.39 is 100 Å². The van der Waals surface area contributed by atoms with Crippen molar-refractivity contribution in [2.24, 2.45) is 0 Å². The maximum atomic E-state index is 14.1. The number of nitrogens with zero attached hydrogens (tertiary/aromatic N) is 2. The van der Waals surface area contributed by atoms with Crippen molar-refractivity contribution in [3.05, 3.63) is 62.5 Å². The number of nitrogens with one attached hydrogen (secondary N) is 1. The highest BCUT2D eigenvalue weighted by atomic mass is 19.4. The second-order valence-electron chi connectivity index (χ2n) is 8.28. The molecule has 0 saturated carbocycles. The van der Waals surface area contributed by atoms with Gasteiger partial charge in [-0.2, -0.15) is 26.3 Å². The van der Waals surface area contributed by atoms with Gasteiger partial charge in [-0.3, -0.25) is 24.6 Å². The van der Waals surface area contributed by atoms with Crippen molar-refractivity contribution in [2.45, 2.75) is 38.0 Å². The van der Waals surface area contributed by atoms with Gasteiger partial charge in [0.25, 0.3) is 5.69 Å². The molecule has 1 aromatic carbocycles. The summed E-state index contributed by atoms with van der Waals surface area (Å²) in [4.78, 5) is 60.3. The van der Waals surface area contributed by atoms with E-state index in [4.69, 9.17) is 4.74 Å². The SMILES string of the molecule is CCOC(=O)C1=C(C(F)(F)F)NC(C(F)(F)F)=C(C(=O)OCCN2C(=O)CCC2=O)C1c1cccc([N+](=O)[O-])c1. The maximum Gasteiger partial charge on any atom is 0.431 e. The topological polar surface area (TPSA) is 145 Å². The van der Waals surface area contributed by atoms with Crippen molar-refractivity contribution in [2.75, 3.05) is 19.8 Å². The molecule has 1 aromatic rings. The Morgan fingerprint density at radius 1 is 1.00 bits per heavy atom. The molecule has 17 heteroatoms. The van der Waals surface area contributed by atoms with Gasteiger partial charge in [-0.15, -0.1) is 0 Å². The van der Waals surface area contributed by atoms with E-state index in [9.17, 15) is 55.6 Å². The van der Waals surface area contributed by atoms with Crippen LogP contribution in [0.15, 0.2) is 46.8 Å². The molecule has 2 amide bonds. The van der Waals surface area contributed by atoms with Crippen LogP contribution in [0.5, 0.6) is 0 Å². The first-order chi connectivity index (χ1) is 18.6. The molecule has 1 saturated heterocycles. The Bertz CT molecular complexity index is 1300. The highest BCUT2D eigenvalue weighted by Gasteiger charge is 2.53. The van der Waals surface area contributed by atoms with Gasteiger partial charge in [-0.1, -0.05) is 12.1 Å². The van der Waals surface area contributed by atoms with Crippen LogP contribution in [-0.2, 0) is 28.7 Å². The first-order valence-electron chi connectivity index (χ1n) is 11.4. The monoisotopic (exact) mass is 579 g/mol. The zero-order valence-corrected chi connectivity index (χ0v) is 20.4. The smallest absolute Gasteiger partial charge is 0.431 e. The summed E-state index contributed by atoms with van der Waals surface area (Å²) in [6.45, 7) is -0.696. The second kappa shape index (κ2) is 11.4. The summed E-state index contributed by atoms with van der Waals surface area (Å²) >= 11 is 0. The minimum atomic E-state index is -5.65. The molecule has 1 fully saturated rings. The van der Waals surface area contributed by atoms with Gasteiger partial charge in [-0.25, -0.2) is 9.59 Å². The highest BCUT2D eigenvalue weighted by molar-refractivity contribution is 6.02. The van der Waals surface area contributed by atoms with Gasteiger partial charge in [0.15, 0.2) is 0 Å². The number of benzene rings is 1. The number of hydrogen-bond donors (Lipinski definition) is 1. The van der Waals surface area contributed by atoms with Gasteiger partial charge in [0.1, 0.15) is 18.0 Å². The zero-order chi connectivity index (χ0) is 30.0. The van der Waals surface area contributed by atoms with E-state index in [-0.39, 0.29) is 12.8 Å². The van der Waals surface area contributed by atoms with E-state index >= 15 is 0 Å². The number of halogens is 6. The van der Waals surface area contributed by atoms with Crippen molar-refractivity contribution in [1.29, 1.82) is 0 Å². The van der Waals surface area contributed by atoms with E-state index in [1.165, 1.54) is 6.92 Å².